The molecule has 1 aromatic carbocycles. The van der Waals surface area contributed by atoms with Gasteiger partial charge in [-0.05, 0) is 24.1 Å². The lowest BCUT2D eigenvalue weighted by atomic mass is 9.96. The Labute approximate surface area is 126 Å². The zero-order valence-corrected chi connectivity index (χ0v) is 12.2. The van der Waals surface area contributed by atoms with E-state index in [1.54, 1.807) is 24.3 Å². The van der Waals surface area contributed by atoms with Gasteiger partial charge in [0.2, 0.25) is 0 Å². The predicted molar refractivity (Wildman–Crippen MR) is 73.6 cm³/mol. The molecule has 0 bridgehead atoms. The van der Waals surface area contributed by atoms with E-state index in [-0.39, 0.29) is 6.42 Å². The third kappa shape index (κ3) is 3.35. The Kier molecular flexibility index (Phi) is 4.63. The Morgan fingerprint density at radius 1 is 1.23 bits per heavy atom. The third-order valence-corrected chi connectivity index (χ3v) is 3.58. The van der Waals surface area contributed by atoms with Crippen molar-refractivity contribution < 1.29 is 27.4 Å². The largest absolute Gasteiger partial charge is 0.497 e. The van der Waals surface area contributed by atoms with E-state index in [0.29, 0.717) is 5.75 Å². The van der Waals surface area contributed by atoms with Crippen LogP contribution in [-0.4, -0.2) is 37.9 Å². The maximum atomic E-state index is 12.8. The molecule has 0 aliphatic carbocycles. The molecule has 0 spiro atoms. The maximum absolute atomic E-state index is 12.8. The summed E-state index contributed by atoms with van der Waals surface area (Å²) in [5.41, 5.74) is -0.00802. The highest BCUT2D eigenvalue weighted by atomic mass is 19.4. The number of alkyl halides is 3. The molecule has 7 heteroatoms. The van der Waals surface area contributed by atoms with Crippen molar-refractivity contribution in [3.05, 3.63) is 41.5 Å². The van der Waals surface area contributed by atoms with Gasteiger partial charge in [0.05, 0.1) is 26.8 Å². The van der Waals surface area contributed by atoms with Gasteiger partial charge in [-0.1, -0.05) is 18.2 Å². The summed E-state index contributed by atoms with van der Waals surface area (Å²) in [6.45, 7) is -0.521. The van der Waals surface area contributed by atoms with Crippen LogP contribution in [0.1, 0.15) is 18.0 Å². The summed E-state index contributed by atoms with van der Waals surface area (Å²) in [6.07, 6.45) is -4.02. The second-order valence-corrected chi connectivity index (χ2v) is 4.85. The molecule has 22 heavy (non-hydrogen) atoms. The topological polar surface area (TPSA) is 38.8 Å². The lowest BCUT2D eigenvalue weighted by Gasteiger charge is -2.35. The van der Waals surface area contributed by atoms with Gasteiger partial charge in [-0.2, -0.15) is 13.2 Å². The molecule has 120 valence electrons. The number of rotatable bonds is 2. The number of ether oxygens (including phenoxy) is 2. The molecule has 0 radical (unpaired) electrons. The zero-order valence-electron chi connectivity index (χ0n) is 12.2. The number of hydrogen-bond acceptors (Lipinski definition) is 3. The van der Waals surface area contributed by atoms with Crippen LogP contribution in [0.2, 0.25) is 0 Å². The second-order valence-electron chi connectivity index (χ2n) is 4.85. The Morgan fingerprint density at radius 2 is 1.86 bits per heavy atom. The average Bonchev–Trinajstić information content (AvgIpc) is 2.52. The van der Waals surface area contributed by atoms with Gasteiger partial charge in [0, 0.05) is 5.57 Å². The minimum atomic E-state index is -4.45. The number of amides is 1. The monoisotopic (exact) mass is 315 g/mol. The van der Waals surface area contributed by atoms with Gasteiger partial charge >= 0.3 is 12.3 Å². The SMILES string of the molecule is COC(=O)N1CC(C(F)(F)F)=CCC1c1ccc(OC)cc1. The van der Waals surface area contributed by atoms with E-state index in [9.17, 15) is 18.0 Å². The van der Waals surface area contributed by atoms with E-state index in [1.807, 2.05) is 0 Å². The van der Waals surface area contributed by atoms with Crippen molar-refractivity contribution in [2.45, 2.75) is 18.6 Å². The van der Waals surface area contributed by atoms with Gasteiger partial charge in [0.1, 0.15) is 5.75 Å². The first-order chi connectivity index (χ1) is 10.4. The Morgan fingerprint density at radius 3 is 2.36 bits per heavy atom. The molecule has 1 aromatic rings. The molecule has 1 atom stereocenters. The summed E-state index contributed by atoms with van der Waals surface area (Å²) < 4.78 is 48.2. The fourth-order valence-corrected chi connectivity index (χ4v) is 2.40. The highest BCUT2D eigenvalue weighted by Crippen LogP contribution is 2.37. The standard InChI is InChI=1S/C15H16F3NO3/c1-21-12-6-3-10(4-7-12)13-8-5-11(15(16,17)18)9-19(13)14(20)22-2/h3-7,13H,8-9H2,1-2H3. The molecule has 0 saturated carbocycles. The number of carbonyl (C=O) groups is 1. The molecule has 1 amide bonds. The number of benzene rings is 1. The van der Waals surface area contributed by atoms with Crippen LogP contribution in [0, 0.1) is 0 Å². The molecule has 1 aliphatic heterocycles. The van der Waals surface area contributed by atoms with Crippen molar-refractivity contribution in [2.75, 3.05) is 20.8 Å². The first-order valence-corrected chi connectivity index (χ1v) is 6.61. The molecule has 2 rings (SSSR count). The number of hydrogen-bond donors (Lipinski definition) is 0. The van der Waals surface area contributed by atoms with Gasteiger partial charge < -0.3 is 9.47 Å². The number of methoxy groups -OCH3 is 2. The summed E-state index contributed by atoms with van der Waals surface area (Å²) in [7, 11) is 2.67. The molecule has 1 heterocycles. The van der Waals surface area contributed by atoms with Gasteiger partial charge in [-0.3, -0.25) is 4.90 Å². The van der Waals surface area contributed by atoms with Crippen LogP contribution in [0.4, 0.5) is 18.0 Å². The molecule has 4 nitrogen and oxygen atoms in total. The fourth-order valence-electron chi connectivity index (χ4n) is 2.40. The van der Waals surface area contributed by atoms with Crippen LogP contribution in [0.5, 0.6) is 5.75 Å². The molecule has 1 aliphatic rings. The van der Waals surface area contributed by atoms with Crippen LogP contribution in [-0.2, 0) is 4.74 Å². The third-order valence-electron chi connectivity index (χ3n) is 3.58. The molecule has 0 fully saturated rings. The molecular formula is C15H16F3NO3. The van der Waals surface area contributed by atoms with E-state index < -0.39 is 30.4 Å². The fraction of sp³-hybridized carbons (Fsp3) is 0.400. The van der Waals surface area contributed by atoms with Gasteiger partial charge in [0.15, 0.2) is 0 Å². The zero-order chi connectivity index (χ0) is 16.3. The van der Waals surface area contributed by atoms with Crippen molar-refractivity contribution in [1.82, 2.24) is 4.90 Å². The molecule has 1 unspecified atom stereocenters. The first-order valence-electron chi connectivity index (χ1n) is 6.61. The normalized spacial score (nSPS) is 18.7. The van der Waals surface area contributed by atoms with Crippen LogP contribution in [0.15, 0.2) is 35.9 Å². The lowest BCUT2D eigenvalue weighted by molar-refractivity contribution is -0.0977. The Bertz CT molecular complexity index is 566. The Balaban J connectivity index is 2.31. The van der Waals surface area contributed by atoms with Crippen molar-refractivity contribution in [3.63, 3.8) is 0 Å². The summed E-state index contributed by atoms with van der Waals surface area (Å²) in [4.78, 5) is 12.9. The van der Waals surface area contributed by atoms with Crippen LogP contribution in [0.25, 0.3) is 0 Å². The Hall–Kier alpha value is -2.18. The second kappa shape index (κ2) is 6.29. The molecule has 0 saturated heterocycles. The molecular weight excluding hydrogens is 299 g/mol. The minimum absolute atomic E-state index is 0.0796. The van der Waals surface area contributed by atoms with E-state index in [1.165, 1.54) is 7.11 Å². The van der Waals surface area contributed by atoms with Crippen LogP contribution < -0.4 is 4.74 Å². The highest BCUT2D eigenvalue weighted by molar-refractivity contribution is 5.69. The van der Waals surface area contributed by atoms with E-state index in [0.717, 1.165) is 23.6 Å². The summed E-state index contributed by atoms with van der Waals surface area (Å²) >= 11 is 0. The smallest absolute Gasteiger partial charge is 0.414 e. The number of carbonyl (C=O) groups excluding carboxylic acids is 1. The molecule has 0 aromatic heterocycles. The van der Waals surface area contributed by atoms with Crippen LogP contribution in [0.3, 0.4) is 0 Å². The summed E-state index contributed by atoms with van der Waals surface area (Å²) in [5, 5.41) is 0. The number of halogens is 3. The van der Waals surface area contributed by atoms with Crippen molar-refractivity contribution in [1.29, 1.82) is 0 Å². The summed E-state index contributed by atoms with van der Waals surface area (Å²) in [5.74, 6) is 0.635. The minimum Gasteiger partial charge on any atom is -0.497 e. The van der Waals surface area contributed by atoms with Crippen molar-refractivity contribution >= 4 is 6.09 Å². The van der Waals surface area contributed by atoms with E-state index in [4.69, 9.17) is 4.74 Å². The maximum Gasteiger partial charge on any atom is 0.414 e. The van der Waals surface area contributed by atoms with Crippen molar-refractivity contribution in [3.8, 4) is 5.75 Å². The van der Waals surface area contributed by atoms with E-state index in [2.05, 4.69) is 4.74 Å². The van der Waals surface area contributed by atoms with Crippen molar-refractivity contribution in [2.24, 2.45) is 0 Å². The average molecular weight is 315 g/mol. The lowest BCUT2D eigenvalue weighted by Crippen LogP contribution is -2.41. The number of nitrogens with zero attached hydrogens (tertiary/aromatic N) is 1. The quantitative estimate of drug-likeness (QED) is 0.781. The van der Waals surface area contributed by atoms with Crippen LogP contribution >= 0.6 is 0 Å². The first kappa shape index (κ1) is 16.2. The summed E-state index contributed by atoms with van der Waals surface area (Å²) in [6, 6.07) is 6.36. The highest BCUT2D eigenvalue weighted by Gasteiger charge is 2.40. The van der Waals surface area contributed by atoms with Gasteiger partial charge in [-0.25, -0.2) is 4.79 Å². The predicted octanol–water partition coefficient (Wildman–Crippen LogP) is 3.70. The van der Waals surface area contributed by atoms with E-state index >= 15 is 0 Å². The van der Waals surface area contributed by atoms with Gasteiger partial charge in [-0.15, -0.1) is 0 Å². The molecule has 0 N–H and O–H groups in total. The van der Waals surface area contributed by atoms with Gasteiger partial charge in [0.25, 0.3) is 0 Å².